The van der Waals surface area contributed by atoms with Crippen molar-refractivity contribution >= 4 is 22.2 Å². The van der Waals surface area contributed by atoms with Crippen molar-refractivity contribution in [1.82, 2.24) is 9.97 Å². The van der Waals surface area contributed by atoms with Crippen LogP contribution in [-0.4, -0.2) is 31.3 Å². The van der Waals surface area contributed by atoms with E-state index in [1.54, 1.807) is 38.2 Å². The highest BCUT2D eigenvalue weighted by molar-refractivity contribution is 7.07. The zero-order valence-electron chi connectivity index (χ0n) is 12.8. The smallest absolute Gasteiger partial charge is 0.204 e. The van der Waals surface area contributed by atoms with E-state index in [1.165, 1.54) is 0 Å². The molecule has 2 aromatic heterocycles. The molecule has 0 atom stereocenters. The molecule has 0 aliphatic heterocycles. The number of aryl methyl sites for hydroxylation is 1. The Balaban J connectivity index is 2.35. The second kappa shape index (κ2) is 5.81. The van der Waals surface area contributed by atoms with Crippen molar-refractivity contribution in [3.8, 4) is 28.6 Å². The van der Waals surface area contributed by atoms with Crippen LogP contribution in [0.2, 0.25) is 0 Å². The number of nitrogens with zero attached hydrogens (tertiary/aromatic N) is 2. The number of aromatic nitrogens is 2. The van der Waals surface area contributed by atoms with Gasteiger partial charge in [0.2, 0.25) is 5.75 Å². The molecule has 0 fully saturated rings. The first kappa shape index (κ1) is 14.6. The van der Waals surface area contributed by atoms with E-state index in [4.69, 9.17) is 19.2 Å². The topological polar surface area (TPSA) is 53.5 Å². The Morgan fingerprint density at radius 1 is 0.955 bits per heavy atom. The molecular weight excluding hydrogens is 300 g/mol. The second-order valence-electron chi connectivity index (χ2n) is 4.74. The molecule has 0 saturated heterocycles. The fourth-order valence-electron chi connectivity index (χ4n) is 2.52. The quantitative estimate of drug-likeness (QED) is 0.734. The van der Waals surface area contributed by atoms with Gasteiger partial charge in [-0.05, 0) is 18.6 Å². The number of fused-ring (bicyclic) bond motifs is 1. The zero-order chi connectivity index (χ0) is 15.7. The maximum atomic E-state index is 5.54. The van der Waals surface area contributed by atoms with Crippen molar-refractivity contribution in [1.29, 1.82) is 0 Å². The van der Waals surface area contributed by atoms with E-state index in [0.29, 0.717) is 17.2 Å². The summed E-state index contributed by atoms with van der Waals surface area (Å²) < 4.78 is 16.4. The van der Waals surface area contributed by atoms with E-state index in [2.05, 4.69) is 4.98 Å². The van der Waals surface area contributed by atoms with Crippen molar-refractivity contribution in [3.63, 3.8) is 0 Å². The molecule has 0 spiro atoms. The van der Waals surface area contributed by atoms with Gasteiger partial charge in [-0.15, -0.1) is 11.3 Å². The van der Waals surface area contributed by atoms with Crippen molar-refractivity contribution in [2.45, 2.75) is 6.92 Å². The van der Waals surface area contributed by atoms with E-state index < -0.39 is 0 Å². The first-order chi connectivity index (χ1) is 10.7. The van der Waals surface area contributed by atoms with Crippen LogP contribution in [0.5, 0.6) is 17.2 Å². The van der Waals surface area contributed by atoms with Crippen LogP contribution >= 0.6 is 11.3 Å². The van der Waals surface area contributed by atoms with Crippen molar-refractivity contribution in [2.24, 2.45) is 0 Å². The van der Waals surface area contributed by atoms with Crippen LogP contribution < -0.4 is 14.2 Å². The van der Waals surface area contributed by atoms with Crippen LogP contribution in [0.25, 0.3) is 22.3 Å². The Morgan fingerprint density at radius 3 is 2.32 bits per heavy atom. The molecule has 6 heteroatoms. The van der Waals surface area contributed by atoms with Gasteiger partial charge in [-0.2, -0.15) is 0 Å². The van der Waals surface area contributed by atoms with Gasteiger partial charge in [-0.1, -0.05) is 0 Å². The minimum atomic E-state index is 0.573. The molecular formula is C16H16N2O3S. The molecule has 114 valence electrons. The molecule has 2 heterocycles. The summed E-state index contributed by atoms with van der Waals surface area (Å²) in [6.45, 7) is 2.02. The first-order valence-electron chi connectivity index (χ1n) is 6.68. The molecule has 22 heavy (non-hydrogen) atoms. The number of pyridine rings is 1. The number of benzene rings is 1. The summed E-state index contributed by atoms with van der Waals surface area (Å²) in [6, 6.07) is 3.87. The minimum Gasteiger partial charge on any atom is -0.493 e. The molecule has 3 aromatic rings. The number of ether oxygens (including phenoxy) is 3. The molecule has 0 N–H and O–H groups in total. The average Bonchev–Trinajstić information content (AvgIpc) is 3.07. The maximum Gasteiger partial charge on any atom is 0.204 e. The summed E-state index contributed by atoms with van der Waals surface area (Å²) in [6.07, 6.45) is 0. The van der Waals surface area contributed by atoms with E-state index in [-0.39, 0.29) is 0 Å². The van der Waals surface area contributed by atoms with Crippen LogP contribution in [0.1, 0.15) is 5.56 Å². The summed E-state index contributed by atoms with van der Waals surface area (Å²) in [5.74, 6) is 1.80. The summed E-state index contributed by atoms with van der Waals surface area (Å²) >= 11 is 1.55. The Hall–Kier alpha value is -2.34. The molecule has 0 saturated carbocycles. The van der Waals surface area contributed by atoms with Gasteiger partial charge in [0.1, 0.15) is 0 Å². The maximum absolute atomic E-state index is 5.54. The first-order valence-corrected chi connectivity index (χ1v) is 7.62. The summed E-state index contributed by atoms with van der Waals surface area (Å²) in [5, 5.41) is 2.89. The molecule has 0 unspecified atom stereocenters. The molecule has 3 rings (SSSR count). The highest BCUT2D eigenvalue weighted by Gasteiger charge is 2.19. The van der Waals surface area contributed by atoms with Crippen LogP contribution in [0.4, 0.5) is 0 Å². The third-order valence-electron chi connectivity index (χ3n) is 3.49. The predicted molar refractivity (Wildman–Crippen MR) is 87.2 cm³/mol. The summed E-state index contributed by atoms with van der Waals surface area (Å²) in [4.78, 5) is 9.02. The highest BCUT2D eigenvalue weighted by Crippen LogP contribution is 2.44. The van der Waals surface area contributed by atoms with E-state index in [1.807, 2.05) is 24.4 Å². The second-order valence-corrected chi connectivity index (χ2v) is 5.46. The third-order valence-corrected chi connectivity index (χ3v) is 4.08. The van der Waals surface area contributed by atoms with Crippen molar-refractivity contribution in [3.05, 3.63) is 28.6 Å². The van der Waals surface area contributed by atoms with Crippen LogP contribution in [-0.2, 0) is 0 Å². The lowest BCUT2D eigenvalue weighted by molar-refractivity contribution is 0.327. The van der Waals surface area contributed by atoms with Gasteiger partial charge in [-0.25, -0.2) is 9.97 Å². The number of hydrogen-bond donors (Lipinski definition) is 0. The van der Waals surface area contributed by atoms with E-state index in [0.717, 1.165) is 27.9 Å². The van der Waals surface area contributed by atoms with Crippen LogP contribution in [0, 0.1) is 6.92 Å². The van der Waals surface area contributed by atoms with Crippen LogP contribution in [0.15, 0.2) is 23.0 Å². The lowest BCUT2D eigenvalue weighted by atomic mass is 10.1. The number of methoxy groups -OCH3 is 3. The number of thiazole rings is 1. The number of hydrogen-bond acceptors (Lipinski definition) is 6. The zero-order valence-corrected chi connectivity index (χ0v) is 13.7. The Morgan fingerprint density at radius 2 is 1.73 bits per heavy atom. The standard InChI is InChI=1S/C16H16N2O3S/c1-9-5-10(12-7-22-8-17-12)18-11-6-13(19-2)15(20-3)16(21-4)14(9)11/h5-8H,1-4H3. The van der Waals surface area contributed by atoms with Gasteiger partial charge in [0.05, 0.1) is 43.7 Å². The van der Waals surface area contributed by atoms with Gasteiger partial charge >= 0.3 is 0 Å². The molecule has 5 nitrogen and oxygen atoms in total. The third kappa shape index (κ3) is 2.25. The largest absolute Gasteiger partial charge is 0.493 e. The molecule has 0 radical (unpaired) electrons. The van der Waals surface area contributed by atoms with Gasteiger partial charge in [0, 0.05) is 16.8 Å². The monoisotopic (exact) mass is 316 g/mol. The SMILES string of the molecule is COc1cc2nc(-c3cscn3)cc(C)c2c(OC)c1OC. The molecule has 1 aromatic carbocycles. The molecule has 0 aliphatic carbocycles. The van der Waals surface area contributed by atoms with Crippen molar-refractivity contribution < 1.29 is 14.2 Å². The number of rotatable bonds is 4. The van der Waals surface area contributed by atoms with Gasteiger partial charge in [0.25, 0.3) is 0 Å². The summed E-state index contributed by atoms with van der Waals surface area (Å²) in [5.41, 5.74) is 5.33. The average molecular weight is 316 g/mol. The minimum absolute atomic E-state index is 0.573. The van der Waals surface area contributed by atoms with E-state index in [9.17, 15) is 0 Å². The molecule has 0 aliphatic rings. The fourth-order valence-corrected chi connectivity index (χ4v) is 3.07. The Bertz CT molecular complexity index is 816. The molecule has 0 amide bonds. The normalized spacial score (nSPS) is 10.7. The lowest BCUT2D eigenvalue weighted by Gasteiger charge is -2.16. The molecule has 0 bridgehead atoms. The summed E-state index contributed by atoms with van der Waals surface area (Å²) in [7, 11) is 4.81. The fraction of sp³-hybridized carbons (Fsp3) is 0.250. The van der Waals surface area contributed by atoms with E-state index >= 15 is 0 Å². The van der Waals surface area contributed by atoms with Gasteiger partial charge in [0.15, 0.2) is 11.5 Å². The van der Waals surface area contributed by atoms with Gasteiger partial charge in [-0.3, -0.25) is 0 Å². The van der Waals surface area contributed by atoms with Gasteiger partial charge < -0.3 is 14.2 Å². The Labute approximate surface area is 132 Å². The van der Waals surface area contributed by atoms with Crippen LogP contribution in [0.3, 0.4) is 0 Å². The van der Waals surface area contributed by atoms with Crippen molar-refractivity contribution in [2.75, 3.05) is 21.3 Å². The lowest BCUT2D eigenvalue weighted by Crippen LogP contribution is -1.98. The predicted octanol–water partition coefficient (Wildman–Crippen LogP) is 3.69. The highest BCUT2D eigenvalue weighted by atomic mass is 32.1. The Kier molecular flexibility index (Phi) is 3.85.